The molecule has 0 aromatic rings. The number of nitrogens with one attached hydrogen (secondary N) is 1. The molecular formula is C39H78N2O3+. The largest absolute Gasteiger partial charge is 0.574 e. The molecule has 44 heavy (non-hydrogen) atoms. The highest BCUT2D eigenvalue weighted by Crippen LogP contribution is 2.14. The summed E-state index contributed by atoms with van der Waals surface area (Å²) in [5, 5.41) is 3.08. The number of esters is 1. The Kier molecular flexibility index (Phi) is 35.5. The molecule has 0 atom stereocenters. The van der Waals surface area contributed by atoms with Gasteiger partial charge in [-0.05, 0) is 32.9 Å². The van der Waals surface area contributed by atoms with E-state index in [1.807, 2.05) is 7.05 Å². The maximum atomic E-state index is 12.1. The van der Waals surface area contributed by atoms with Gasteiger partial charge in [-0.2, -0.15) is 0 Å². The van der Waals surface area contributed by atoms with Crippen LogP contribution in [0.25, 0.3) is 0 Å². The van der Waals surface area contributed by atoms with Crippen LogP contribution < -0.4 is 5.32 Å². The summed E-state index contributed by atoms with van der Waals surface area (Å²) in [6, 6.07) is 0. The average molecular weight is 623 g/mol. The summed E-state index contributed by atoms with van der Waals surface area (Å²) in [5.41, 5.74) is 0. The van der Waals surface area contributed by atoms with Crippen LogP contribution in [0.4, 0.5) is 0 Å². The third-order valence-electron chi connectivity index (χ3n) is 9.02. The van der Waals surface area contributed by atoms with Crippen LogP contribution >= 0.6 is 0 Å². The maximum absolute atomic E-state index is 12.1. The highest BCUT2D eigenvalue weighted by atomic mass is 16.5. The van der Waals surface area contributed by atoms with Crippen molar-refractivity contribution in [1.29, 1.82) is 0 Å². The Labute approximate surface area is 275 Å². The normalized spacial score (nSPS) is 11.4. The Bertz CT molecular complexity index is 598. The van der Waals surface area contributed by atoms with Crippen molar-refractivity contribution in [2.24, 2.45) is 0 Å². The molecule has 0 bridgehead atoms. The van der Waals surface area contributed by atoms with E-state index < -0.39 is 0 Å². The molecular weight excluding hydrogens is 544 g/mol. The van der Waals surface area contributed by atoms with Gasteiger partial charge >= 0.3 is 5.97 Å². The second kappa shape index (κ2) is 36.4. The van der Waals surface area contributed by atoms with Crippen LogP contribution in [-0.4, -0.2) is 50.1 Å². The zero-order valence-electron chi connectivity index (χ0n) is 30.2. The molecule has 0 fully saturated rings. The van der Waals surface area contributed by atoms with Gasteiger partial charge in [-0.25, -0.2) is 0 Å². The van der Waals surface area contributed by atoms with Gasteiger partial charge in [0.25, 0.3) is 0 Å². The SMILES string of the molecule is CCCCCCCCCCCCCCCCNC(=O)CCCN(C)CCOC(=[O+])CCCCCCCCCCCCCCC. The van der Waals surface area contributed by atoms with E-state index in [-0.39, 0.29) is 11.9 Å². The lowest BCUT2D eigenvalue weighted by Gasteiger charge is -2.14. The van der Waals surface area contributed by atoms with Crippen molar-refractivity contribution in [3.05, 3.63) is 0 Å². The summed E-state index contributed by atoms with van der Waals surface area (Å²) in [6.07, 6.45) is 38.0. The Hall–Kier alpha value is -1.10. The lowest BCUT2D eigenvalue weighted by Crippen LogP contribution is -2.28. The van der Waals surface area contributed by atoms with Crippen molar-refractivity contribution in [1.82, 2.24) is 10.2 Å². The second-order valence-electron chi connectivity index (χ2n) is 13.6. The van der Waals surface area contributed by atoms with Gasteiger partial charge < -0.3 is 15.0 Å². The molecule has 0 aromatic carbocycles. The molecule has 1 N–H and O–H groups in total. The molecule has 5 heteroatoms. The molecule has 0 heterocycles. The van der Waals surface area contributed by atoms with Gasteiger partial charge in [-0.3, -0.25) is 4.79 Å². The van der Waals surface area contributed by atoms with Gasteiger partial charge in [-0.1, -0.05) is 174 Å². The highest BCUT2D eigenvalue weighted by molar-refractivity contribution is 5.75. The second-order valence-corrected chi connectivity index (χ2v) is 13.6. The van der Waals surface area contributed by atoms with E-state index in [4.69, 9.17) is 4.74 Å². The smallest absolute Gasteiger partial charge is 0.356 e. The van der Waals surface area contributed by atoms with E-state index in [9.17, 15) is 9.59 Å². The molecule has 0 unspecified atom stereocenters. The van der Waals surface area contributed by atoms with Crippen LogP contribution in [0.15, 0.2) is 0 Å². The fourth-order valence-corrected chi connectivity index (χ4v) is 5.93. The lowest BCUT2D eigenvalue weighted by atomic mass is 10.0. The number of amides is 1. The molecule has 0 rings (SSSR count). The molecule has 0 aliphatic rings. The summed E-state index contributed by atoms with van der Waals surface area (Å²) in [7, 11) is 2.03. The van der Waals surface area contributed by atoms with E-state index in [2.05, 4.69) is 24.1 Å². The minimum absolute atomic E-state index is 0.0654. The summed E-state index contributed by atoms with van der Waals surface area (Å²) in [5.74, 6) is 0.0988. The van der Waals surface area contributed by atoms with Crippen LogP contribution in [-0.2, 0) is 14.3 Å². The van der Waals surface area contributed by atoms with Crippen LogP contribution in [0.2, 0.25) is 0 Å². The predicted octanol–water partition coefficient (Wildman–Crippen LogP) is 11.3. The fourth-order valence-electron chi connectivity index (χ4n) is 5.93. The number of hydrogen-bond donors (Lipinski definition) is 1. The number of rotatable bonds is 36. The predicted molar refractivity (Wildman–Crippen MR) is 191 cm³/mol. The molecule has 1 amide bonds. The van der Waals surface area contributed by atoms with Crippen molar-refractivity contribution in [2.75, 3.05) is 33.3 Å². The third-order valence-corrected chi connectivity index (χ3v) is 9.02. The van der Waals surface area contributed by atoms with Crippen molar-refractivity contribution < 1.29 is 14.3 Å². The summed E-state index contributed by atoms with van der Waals surface area (Å²) < 4.78 is 5.42. The van der Waals surface area contributed by atoms with Crippen molar-refractivity contribution >= 4 is 11.9 Å². The zero-order valence-corrected chi connectivity index (χ0v) is 30.2. The quantitative estimate of drug-likeness (QED) is 0.0429. The topological polar surface area (TPSA) is 61.5 Å². The van der Waals surface area contributed by atoms with Gasteiger partial charge in [0.05, 0.1) is 6.54 Å². The molecule has 0 aliphatic carbocycles. The molecule has 0 saturated carbocycles. The first-order valence-corrected chi connectivity index (χ1v) is 19.7. The highest BCUT2D eigenvalue weighted by Gasteiger charge is 2.16. The minimum Gasteiger partial charge on any atom is -0.356 e. The lowest BCUT2D eigenvalue weighted by molar-refractivity contribution is -0.144. The molecule has 0 aromatic heterocycles. The first-order valence-electron chi connectivity index (χ1n) is 19.7. The maximum Gasteiger partial charge on any atom is 0.574 e. The first-order chi connectivity index (χ1) is 21.6. The number of hydrogen-bond acceptors (Lipinski definition) is 4. The number of unbranched alkanes of at least 4 members (excludes halogenated alkanes) is 25. The van der Waals surface area contributed by atoms with Gasteiger partial charge in [0.2, 0.25) is 5.91 Å². The van der Waals surface area contributed by atoms with E-state index in [1.54, 1.807) is 0 Å². The van der Waals surface area contributed by atoms with Gasteiger partial charge in [0.1, 0.15) is 6.42 Å². The van der Waals surface area contributed by atoms with Crippen molar-refractivity contribution in [3.8, 4) is 0 Å². The first kappa shape index (κ1) is 42.9. The Morgan fingerprint density at radius 2 is 0.909 bits per heavy atom. The van der Waals surface area contributed by atoms with Crippen LogP contribution in [0.1, 0.15) is 206 Å². The monoisotopic (exact) mass is 623 g/mol. The van der Waals surface area contributed by atoms with E-state index >= 15 is 0 Å². The zero-order chi connectivity index (χ0) is 32.2. The molecule has 261 valence electrons. The van der Waals surface area contributed by atoms with Crippen LogP contribution in [0, 0.1) is 0 Å². The van der Waals surface area contributed by atoms with Gasteiger partial charge in [-0.15, -0.1) is 0 Å². The number of ether oxygens (including phenoxy) is 1. The standard InChI is InChI=1S/C39H78N2O3/c1-4-6-8-10-12-14-16-18-20-22-24-26-28-30-34-40-38(42)32-31-35-41(3)36-37-44-39(43)33-29-27-25-23-21-19-17-15-13-11-9-7-5-2/h4-37H2,1-3H3,(H,40,42)/q+1. The average Bonchev–Trinajstić information content (AvgIpc) is 3.01. The Morgan fingerprint density at radius 1 is 0.523 bits per heavy atom. The van der Waals surface area contributed by atoms with Gasteiger partial charge in [0, 0.05) is 17.8 Å². The van der Waals surface area contributed by atoms with Crippen molar-refractivity contribution in [2.45, 2.75) is 206 Å². The number of nitrogens with zero attached hydrogens (tertiary/aromatic N) is 1. The number of carbonyl (C=O) groups is 2. The van der Waals surface area contributed by atoms with Crippen LogP contribution in [0.3, 0.4) is 0 Å². The number of likely N-dealkylation sites (N-methyl/N-ethyl adjacent to an activating group) is 1. The summed E-state index contributed by atoms with van der Waals surface area (Å²) in [4.78, 5) is 26.3. The molecule has 0 aliphatic heterocycles. The Balaban J connectivity index is 3.36. The van der Waals surface area contributed by atoms with E-state index in [0.717, 1.165) is 45.3 Å². The molecule has 1 radical (unpaired) electrons. The Morgan fingerprint density at radius 3 is 1.34 bits per heavy atom. The van der Waals surface area contributed by atoms with Crippen molar-refractivity contribution in [3.63, 3.8) is 0 Å². The van der Waals surface area contributed by atoms with E-state index in [1.165, 1.54) is 154 Å². The fraction of sp³-hybridized carbons (Fsp3) is 0.949. The molecule has 5 nitrogen and oxygen atoms in total. The molecule has 0 saturated heterocycles. The third kappa shape index (κ3) is 35.4. The summed E-state index contributed by atoms with van der Waals surface area (Å²) >= 11 is 0. The number of carbonyl (C=O) groups excluding carboxylic acids is 2. The summed E-state index contributed by atoms with van der Waals surface area (Å²) in [6.45, 7) is 7.38. The van der Waals surface area contributed by atoms with E-state index in [0.29, 0.717) is 19.4 Å². The minimum atomic E-state index is -0.0654. The van der Waals surface area contributed by atoms with Gasteiger partial charge in [0.15, 0.2) is 6.61 Å². The van der Waals surface area contributed by atoms with Crippen LogP contribution in [0.5, 0.6) is 0 Å². The molecule has 0 spiro atoms.